The van der Waals surface area contributed by atoms with Gasteiger partial charge in [0.15, 0.2) is 0 Å². The number of rotatable bonds is 6. The van der Waals surface area contributed by atoms with Crippen LogP contribution in [0.25, 0.3) is 44.2 Å². The number of anilines is 1. The summed E-state index contributed by atoms with van der Waals surface area (Å²) >= 11 is 0. The fourth-order valence-corrected chi connectivity index (χ4v) is 4.80. The Labute approximate surface area is 205 Å². The van der Waals surface area contributed by atoms with E-state index < -0.39 is 5.91 Å². The predicted molar refractivity (Wildman–Crippen MR) is 139 cm³/mol. The number of carbonyl (C=O) groups is 1. The van der Waals surface area contributed by atoms with E-state index in [0.717, 1.165) is 33.1 Å². The maximum Gasteiger partial charge on any atom is 0.248 e. The topological polar surface area (TPSA) is 100 Å². The number of aliphatic hydroxyl groups excluding tert-OH is 1. The fraction of sp³-hybridized carbons (Fsp3) is 0.0714. The molecule has 2 heterocycles. The van der Waals surface area contributed by atoms with Crippen molar-refractivity contribution in [2.75, 3.05) is 18.2 Å². The van der Waals surface area contributed by atoms with E-state index in [1.165, 1.54) is 12.1 Å². The molecule has 1 amide bonds. The first-order chi connectivity index (χ1) is 17.5. The van der Waals surface area contributed by atoms with Gasteiger partial charge in [-0.15, -0.1) is 0 Å². The Kier molecular flexibility index (Phi) is 5.16. The molecule has 0 radical (unpaired) electrons. The number of primary amides is 1. The molecule has 0 aliphatic rings. The van der Waals surface area contributed by atoms with Crippen molar-refractivity contribution >= 4 is 44.4 Å². The van der Waals surface area contributed by atoms with Gasteiger partial charge in [0.25, 0.3) is 0 Å². The van der Waals surface area contributed by atoms with Crippen molar-refractivity contribution in [2.45, 2.75) is 0 Å². The van der Waals surface area contributed by atoms with E-state index in [1.54, 1.807) is 18.2 Å². The number of aliphatic hydroxyl groups is 1. The number of fused-ring (bicyclic) bond motifs is 4. The Morgan fingerprint density at radius 2 is 1.78 bits per heavy atom. The number of H-pyrrole nitrogens is 1. The van der Waals surface area contributed by atoms with Crippen LogP contribution in [0.4, 0.5) is 10.1 Å². The van der Waals surface area contributed by atoms with Crippen LogP contribution in [-0.2, 0) is 0 Å². The number of imidazole rings is 1. The lowest BCUT2D eigenvalue weighted by atomic mass is 10.1. The molecular weight excluding hydrogens is 457 g/mol. The summed E-state index contributed by atoms with van der Waals surface area (Å²) in [5, 5.41) is 13.9. The van der Waals surface area contributed by atoms with Crippen LogP contribution in [0.2, 0.25) is 0 Å². The van der Waals surface area contributed by atoms with Crippen molar-refractivity contribution in [3.05, 3.63) is 96.3 Å². The smallest absolute Gasteiger partial charge is 0.248 e. The number of aromatic nitrogens is 3. The summed E-state index contributed by atoms with van der Waals surface area (Å²) in [6.45, 7) is 0.234. The minimum absolute atomic E-state index is 0.0829. The highest BCUT2D eigenvalue weighted by Crippen LogP contribution is 2.37. The third-order valence-electron chi connectivity index (χ3n) is 6.37. The normalized spacial score (nSPS) is 11.5. The lowest BCUT2D eigenvalue weighted by molar-refractivity contribution is 0.100. The molecule has 7 nitrogen and oxygen atoms in total. The van der Waals surface area contributed by atoms with Crippen molar-refractivity contribution in [1.29, 1.82) is 0 Å². The number of para-hydroxylation sites is 1. The van der Waals surface area contributed by atoms with Crippen molar-refractivity contribution in [2.24, 2.45) is 5.73 Å². The lowest BCUT2D eigenvalue weighted by Crippen LogP contribution is -2.32. The lowest BCUT2D eigenvalue weighted by Gasteiger charge is -2.27. The number of carbonyl (C=O) groups excluding carboxylic acids is 1. The standard InChI is InChI=1S/C28H22FN5O2/c29-18-10-13-22-23(16-18)32-28(31-22)21-5-3-7-25-26(21)20-4-1-2-6-24(20)34(25)33(14-15-35)19-11-8-17(9-12-19)27(30)36/h1-13,16,35H,14-15H2,(H2,30,36)(H,31,32). The largest absolute Gasteiger partial charge is 0.394 e. The maximum atomic E-state index is 13.8. The van der Waals surface area contributed by atoms with Gasteiger partial charge in [0.2, 0.25) is 5.91 Å². The Hall–Kier alpha value is -4.69. The molecule has 178 valence electrons. The van der Waals surface area contributed by atoms with Gasteiger partial charge in [-0.25, -0.2) is 9.37 Å². The summed E-state index contributed by atoms with van der Waals surface area (Å²) in [7, 11) is 0. The van der Waals surface area contributed by atoms with Crippen molar-refractivity contribution in [3.63, 3.8) is 0 Å². The van der Waals surface area contributed by atoms with E-state index >= 15 is 0 Å². The Bertz CT molecular complexity index is 1750. The van der Waals surface area contributed by atoms with Gasteiger partial charge in [0.05, 0.1) is 40.9 Å². The van der Waals surface area contributed by atoms with Crippen LogP contribution in [0.15, 0.2) is 84.9 Å². The minimum atomic E-state index is -0.498. The zero-order chi connectivity index (χ0) is 24.8. The Morgan fingerprint density at radius 3 is 2.56 bits per heavy atom. The molecule has 0 unspecified atom stereocenters. The molecular formula is C28H22FN5O2. The van der Waals surface area contributed by atoms with Gasteiger partial charge in [-0.05, 0) is 54.6 Å². The van der Waals surface area contributed by atoms with Crippen LogP contribution < -0.4 is 10.7 Å². The molecule has 0 saturated carbocycles. The monoisotopic (exact) mass is 479 g/mol. The van der Waals surface area contributed by atoms with E-state index in [4.69, 9.17) is 10.7 Å². The molecule has 6 aromatic rings. The maximum absolute atomic E-state index is 13.8. The molecule has 36 heavy (non-hydrogen) atoms. The summed E-state index contributed by atoms with van der Waals surface area (Å²) in [4.78, 5) is 19.6. The number of nitrogens with one attached hydrogen (secondary N) is 1. The van der Waals surface area contributed by atoms with E-state index in [0.29, 0.717) is 29.0 Å². The van der Waals surface area contributed by atoms with Gasteiger partial charge < -0.3 is 15.8 Å². The SMILES string of the molecule is NC(=O)c1ccc(N(CCO)n2c3ccccc3c3c(-c4nc5ccc(F)cc5[nH]4)cccc32)cc1. The fourth-order valence-electron chi connectivity index (χ4n) is 4.80. The van der Waals surface area contributed by atoms with E-state index in [2.05, 4.69) is 9.66 Å². The first-order valence-corrected chi connectivity index (χ1v) is 11.5. The second kappa shape index (κ2) is 8.51. The molecule has 2 aromatic heterocycles. The first kappa shape index (κ1) is 21.8. The second-order valence-corrected chi connectivity index (χ2v) is 8.53. The molecule has 0 aliphatic carbocycles. The van der Waals surface area contributed by atoms with E-state index in [9.17, 15) is 14.3 Å². The van der Waals surface area contributed by atoms with E-state index in [-0.39, 0.29) is 12.4 Å². The summed E-state index contributed by atoms with van der Waals surface area (Å²) in [6.07, 6.45) is 0. The van der Waals surface area contributed by atoms with Crippen LogP contribution in [0.5, 0.6) is 0 Å². The van der Waals surface area contributed by atoms with Gasteiger partial charge in [0.1, 0.15) is 11.6 Å². The van der Waals surface area contributed by atoms with Gasteiger partial charge in [-0.3, -0.25) is 14.5 Å². The van der Waals surface area contributed by atoms with Gasteiger partial charge in [0, 0.05) is 21.9 Å². The molecule has 0 bridgehead atoms. The Balaban J connectivity index is 1.61. The molecule has 0 aliphatic heterocycles. The van der Waals surface area contributed by atoms with Gasteiger partial charge >= 0.3 is 0 Å². The number of aromatic amines is 1. The molecule has 0 saturated heterocycles. The average molecular weight is 480 g/mol. The third-order valence-corrected chi connectivity index (χ3v) is 6.37. The van der Waals surface area contributed by atoms with Crippen LogP contribution in [0.1, 0.15) is 10.4 Å². The number of halogens is 1. The van der Waals surface area contributed by atoms with Crippen LogP contribution in [0, 0.1) is 5.82 Å². The zero-order valence-corrected chi connectivity index (χ0v) is 19.1. The number of amides is 1. The van der Waals surface area contributed by atoms with Gasteiger partial charge in [-0.1, -0.05) is 30.3 Å². The quantitative estimate of drug-likeness (QED) is 0.318. The van der Waals surface area contributed by atoms with Crippen LogP contribution in [-0.4, -0.2) is 38.8 Å². The molecule has 8 heteroatoms. The summed E-state index contributed by atoms with van der Waals surface area (Å²) in [6, 6.07) is 25.5. The van der Waals surface area contributed by atoms with Crippen molar-refractivity contribution in [3.8, 4) is 11.4 Å². The summed E-state index contributed by atoms with van der Waals surface area (Å²) in [5.74, 6) is -0.180. The second-order valence-electron chi connectivity index (χ2n) is 8.53. The molecule has 0 atom stereocenters. The number of nitrogens with two attached hydrogens (primary N) is 1. The van der Waals surface area contributed by atoms with Crippen molar-refractivity contribution in [1.82, 2.24) is 14.6 Å². The highest BCUT2D eigenvalue weighted by atomic mass is 19.1. The Morgan fingerprint density at radius 1 is 1.00 bits per heavy atom. The number of hydrogen-bond donors (Lipinski definition) is 3. The van der Waals surface area contributed by atoms with Crippen molar-refractivity contribution < 1.29 is 14.3 Å². The molecule has 0 spiro atoms. The number of benzene rings is 4. The molecule has 0 fully saturated rings. The number of hydrogen-bond acceptors (Lipinski definition) is 4. The molecule has 6 rings (SSSR count). The summed E-state index contributed by atoms with van der Waals surface area (Å²) in [5.41, 5.74) is 10.7. The molecule has 4 N–H and O–H groups in total. The third kappa shape index (κ3) is 3.47. The highest BCUT2D eigenvalue weighted by Gasteiger charge is 2.21. The minimum Gasteiger partial charge on any atom is -0.394 e. The van der Waals surface area contributed by atoms with Crippen LogP contribution in [0.3, 0.4) is 0 Å². The van der Waals surface area contributed by atoms with Crippen LogP contribution >= 0.6 is 0 Å². The van der Waals surface area contributed by atoms with Gasteiger partial charge in [-0.2, -0.15) is 0 Å². The van der Waals surface area contributed by atoms with E-state index in [1.807, 2.05) is 59.6 Å². The first-order valence-electron chi connectivity index (χ1n) is 11.5. The predicted octanol–water partition coefficient (Wildman–Crippen LogP) is 4.84. The number of nitrogens with zero attached hydrogens (tertiary/aromatic N) is 3. The average Bonchev–Trinajstić information content (AvgIpc) is 3.46. The molecule has 4 aromatic carbocycles. The highest BCUT2D eigenvalue weighted by molar-refractivity contribution is 6.15. The zero-order valence-electron chi connectivity index (χ0n) is 19.1. The summed E-state index contributed by atoms with van der Waals surface area (Å²) < 4.78 is 15.9.